The summed E-state index contributed by atoms with van der Waals surface area (Å²) in [5, 5.41) is 3.63. The Hall–Kier alpha value is -2.40. The van der Waals surface area contributed by atoms with Gasteiger partial charge in [0.05, 0.1) is 10.5 Å². The van der Waals surface area contributed by atoms with Crippen molar-refractivity contribution in [3.8, 4) is 0 Å². The maximum absolute atomic E-state index is 12.8. The number of halogens is 3. The lowest BCUT2D eigenvalue weighted by atomic mass is 10.2. The lowest BCUT2D eigenvalue weighted by Gasteiger charge is -2.33. The van der Waals surface area contributed by atoms with Gasteiger partial charge in [-0.05, 0) is 25.1 Å². The highest BCUT2D eigenvalue weighted by molar-refractivity contribution is 7.89. The van der Waals surface area contributed by atoms with Crippen LogP contribution in [0, 0.1) is 6.92 Å². The highest BCUT2D eigenvalue weighted by atomic mass is 32.2. The first-order valence-corrected chi connectivity index (χ1v) is 9.43. The number of aromatic nitrogens is 1. The molecule has 1 saturated heterocycles. The van der Waals surface area contributed by atoms with Crippen LogP contribution in [0.25, 0.3) is 0 Å². The summed E-state index contributed by atoms with van der Waals surface area (Å²) in [6.07, 6.45) is -4.63. The number of hydrogen-bond donors (Lipinski definition) is 0. The second-order valence-corrected chi connectivity index (χ2v) is 7.98. The van der Waals surface area contributed by atoms with Gasteiger partial charge < -0.3 is 9.42 Å². The van der Waals surface area contributed by atoms with E-state index in [4.69, 9.17) is 4.52 Å². The smallest absolute Gasteiger partial charge is 0.361 e. The van der Waals surface area contributed by atoms with Crippen molar-refractivity contribution in [2.45, 2.75) is 18.0 Å². The van der Waals surface area contributed by atoms with Crippen LogP contribution in [-0.4, -0.2) is 54.9 Å². The molecule has 0 aliphatic carbocycles. The minimum Gasteiger partial charge on any atom is -0.361 e. The van der Waals surface area contributed by atoms with Crippen LogP contribution in [0.3, 0.4) is 0 Å². The van der Waals surface area contributed by atoms with Gasteiger partial charge in [-0.15, -0.1) is 0 Å². The number of carbonyl (C=O) groups excluding carboxylic acids is 1. The molecule has 2 heterocycles. The van der Waals surface area contributed by atoms with E-state index in [1.165, 1.54) is 11.0 Å². The van der Waals surface area contributed by atoms with E-state index in [-0.39, 0.29) is 37.8 Å². The number of nitrogens with zero attached hydrogens (tertiary/aromatic N) is 3. The van der Waals surface area contributed by atoms with Crippen molar-refractivity contribution < 1.29 is 30.9 Å². The molecule has 0 spiro atoms. The molecule has 2 aromatic rings. The maximum atomic E-state index is 12.8. The third kappa shape index (κ3) is 3.98. The van der Waals surface area contributed by atoms with E-state index in [0.717, 1.165) is 22.5 Å². The number of rotatable bonds is 3. The molecular formula is C16H16F3N3O4S. The van der Waals surface area contributed by atoms with E-state index in [0.29, 0.717) is 11.8 Å². The zero-order valence-corrected chi connectivity index (χ0v) is 15.0. The fourth-order valence-corrected chi connectivity index (χ4v) is 4.21. The lowest BCUT2D eigenvalue weighted by Crippen LogP contribution is -2.50. The molecule has 0 saturated carbocycles. The van der Waals surface area contributed by atoms with E-state index in [2.05, 4.69) is 5.16 Å². The van der Waals surface area contributed by atoms with Gasteiger partial charge in [0.1, 0.15) is 5.76 Å². The molecule has 1 aliphatic heterocycles. The molecule has 0 N–H and O–H groups in total. The average Bonchev–Trinajstić information content (AvgIpc) is 3.07. The fraction of sp³-hybridized carbons (Fsp3) is 0.375. The molecule has 0 unspecified atom stereocenters. The third-order valence-electron chi connectivity index (χ3n) is 4.17. The van der Waals surface area contributed by atoms with E-state index in [1.807, 2.05) is 0 Å². The Morgan fingerprint density at radius 3 is 2.37 bits per heavy atom. The fourth-order valence-electron chi connectivity index (χ4n) is 2.74. The molecule has 0 atom stereocenters. The molecule has 1 aromatic carbocycles. The highest BCUT2D eigenvalue weighted by Crippen LogP contribution is 2.31. The standard InChI is InChI=1S/C16H16F3N3O4S/c1-11-9-14(20-26-11)15(23)21-5-7-22(8-6-21)27(24,25)13-4-2-3-12(10-13)16(17,18)19/h2-4,9-10H,5-8H2,1H3. The summed E-state index contributed by atoms with van der Waals surface area (Å²) in [6.45, 7) is 1.79. The molecule has 3 rings (SSSR count). The minimum absolute atomic E-state index is 0.0266. The zero-order valence-electron chi connectivity index (χ0n) is 14.2. The Labute approximate surface area is 153 Å². The second-order valence-electron chi connectivity index (χ2n) is 6.04. The Bertz CT molecular complexity index is 948. The van der Waals surface area contributed by atoms with Crippen LogP contribution in [0.15, 0.2) is 39.8 Å². The van der Waals surface area contributed by atoms with Crippen LogP contribution in [0.1, 0.15) is 21.8 Å². The molecular weight excluding hydrogens is 387 g/mol. The Kier molecular flexibility index (Phi) is 5.00. The SMILES string of the molecule is Cc1cc(C(=O)N2CCN(S(=O)(=O)c3cccc(C(F)(F)F)c3)CC2)no1. The van der Waals surface area contributed by atoms with Crippen LogP contribution in [0.4, 0.5) is 13.2 Å². The summed E-state index contributed by atoms with van der Waals surface area (Å²) in [6, 6.07) is 5.09. The van der Waals surface area contributed by atoms with Gasteiger partial charge in [0.15, 0.2) is 5.69 Å². The van der Waals surface area contributed by atoms with Crippen molar-refractivity contribution in [1.29, 1.82) is 0 Å². The average molecular weight is 403 g/mol. The normalized spacial score (nSPS) is 16.5. The molecule has 0 bridgehead atoms. The van der Waals surface area contributed by atoms with Gasteiger partial charge in [-0.25, -0.2) is 8.42 Å². The number of aryl methyl sites for hydroxylation is 1. The number of amides is 1. The first-order chi connectivity index (χ1) is 12.6. The maximum Gasteiger partial charge on any atom is 0.416 e. The molecule has 1 amide bonds. The van der Waals surface area contributed by atoms with E-state index in [1.54, 1.807) is 6.92 Å². The van der Waals surface area contributed by atoms with E-state index >= 15 is 0 Å². The molecule has 146 valence electrons. The molecule has 1 fully saturated rings. The summed E-state index contributed by atoms with van der Waals surface area (Å²) in [5.74, 6) is 0.0899. The number of hydrogen-bond acceptors (Lipinski definition) is 5. The third-order valence-corrected chi connectivity index (χ3v) is 6.07. The van der Waals surface area contributed by atoms with Crippen molar-refractivity contribution in [3.63, 3.8) is 0 Å². The summed E-state index contributed by atoms with van der Waals surface area (Å²) in [5.41, 5.74) is -0.902. The first-order valence-electron chi connectivity index (χ1n) is 7.99. The summed E-state index contributed by atoms with van der Waals surface area (Å²) < 4.78 is 69.7. The molecule has 1 aliphatic rings. The largest absolute Gasteiger partial charge is 0.416 e. The lowest BCUT2D eigenvalue weighted by molar-refractivity contribution is -0.137. The monoisotopic (exact) mass is 403 g/mol. The number of piperazine rings is 1. The van der Waals surface area contributed by atoms with Crippen LogP contribution in [-0.2, 0) is 16.2 Å². The van der Waals surface area contributed by atoms with E-state index in [9.17, 15) is 26.4 Å². The second kappa shape index (κ2) is 6.97. The van der Waals surface area contributed by atoms with Crippen molar-refractivity contribution in [2.24, 2.45) is 0 Å². The van der Waals surface area contributed by atoms with Gasteiger partial charge in [0.2, 0.25) is 10.0 Å². The van der Waals surface area contributed by atoms with Crippen molar-refractivity contribution in [3.05, 3.63) is 47.3 Å². The predicted molar refractivity (Wildman–Crippen MR) is 87.3 cm³/mol. The number of carbonyl (C=O) groups is 1. The van der Waals surface area contributed by atoms with Crippen molar-refractivity contribution >= 4 is 15.9 Å². The molecule has 7 nitrogen and oxygen atoms in total. The topological polar surface area (TPSA) is 83.7 Å². The summed E-state index contributed by atoms with van der Waals surface area (Å²) >= 11 is 0. The number of alkyl halides is 3. The predicted octanol–water partition coefficient (Wildman–Crippen LogP) is 2.15. The number of sulfonamides is 1. The van der Waals surface area contributed by atoms with Crippen LogP contribution >= 0.6 is 0 Å². The molecule has 27 heavy (non-hydrogen) atoms. The summed E-state index contributed by atoms with van der Waals surface area (Å²) in [7, 11) is -4.09. The van der Waals surface area contributed by atoms with Gasteiger partial charge in [-0.1, -0.05) is 11.2 Å². The summed E-state index contributed by atoms with van der Waals surface area (Å²) in [4.78, 5) is 13.3. The van der Waals surface area contributed by atoms with Crippen molar-refractivity contribution in [1.82, 2.24) is 14.4 Å². The van der Waals surface area contributed by atoms with Gasteiger partial charge in [0.25, 0.3) is 5.91 Å². The van der Waals surface area contributed by atoms with Gasteiger partial charge in [0, 0.05) is 32.2 Å². The van der Waals surface area contributed by atoms with Gasteiger partial charge in [-0.3, -0.25) is 4.79 Å². The van der Waals surface area contributed by atoms with Crippen LogP contribution < -0.4 is 0 Å². The van der Waals surface area contributed by atoms with Gasteiger partial charge >= 0.3 is 6.18 Å². The van der Waals surface area contributed by atoms with Crippen molar-refractivity contribution in [2.75, 3.05) is 26.2 Å². The zero-order chi connectivity index (χ0) is 19.8. The molecule has 0 radical (unpaired) electrons. The Morgan fingerprint density at radius 1 is 1.15 bits per heavy atom. The highest BCUT2D eigenvalue weighted by Gasteiger charge is 2.34. The Morgan fingerprint density at radius 2 is 1.81 bits per heavy atom. The first kappa shape index (κ1) is 19.4. The van der Waals surface area contributed by atoms with Gasteiger partial charge in [-0.2, -0.15) is 17.5 Å². The minimum atomic E-state index is -4.63. The quantitative estimate of drug-likeness (QED) is 0.784. The molecule has 1 aromatic heterocycles. The van der Waals surface area contributed by atoms with Crippen LogP contribution in [0.2, 0.25) is 0 Å². The molecule has 11 heteroatoms. The van der Waals surface area contributed by atoms with Crippen LogP contribution in [0.5, 0.6) is 0 Å². The van der Waals surface area contributed by atoms with E-state index < -0.39 is 26.7 Å². The Balaban J connectivity index is 1.72. The number of benzene rings is 1.